The summed E-state index contributed by atoms with van der Waals surface area (Å²) in [6.07, 6.45) is 23.4. The number of carboxylic acids is 1. The molecule has 20 heavy (non-hydrogen) atoms. The van der Waals surface area contributed by atoms with Crippen molar-refractivity contribution in [1.82, 2.24) is 0 Å². The maximum Gasteiger partial charge on any atom is 0.303 e. The van der Waals surface area contributed by atoms with Crippen LogP contribution in [-0.2, 0) is 4.79 Å². The van der Waals surface area contributed by atoms with Crippen LogP contribution in [0.15, 0.2) is 36.5 Å². The minimum absolute atomic E-state index is 0.319. The van der Waals surface area contributed by atoms with Crippen molar-refractivity contribution in [2.24, 2.45) is 0 Å². The predicted molar refractivity (Wildman–Crippen MR) is 86.9 cm³/mol. The number of aliphatic carboxylic acids is 1. The summed E-state index contributed by atoms with van der Waals surface area (Å²) in [7, 11) is 0. The average molecular weight is 278 g/mol. The van der Waals surface area contributed by atoms with Gasteiger partial charge in [-0.3, -0.25) is 4.79 Å². The molecule has 0 aliphatic carbocycles. The van der Waals surface area contributed by atoms with Gasteiger partial charge in [-0.25, -0.2) is 0 Å². The maximum atomic E-state index is 10.3. The van der Waals surface area contributed by atoms with Crippen molar-refractivity contribution in [3.63, 3.8) is 0 Å². The molecule has 0 bridgehead atoms. The van der Waals surface area contributed by atoms with Gasteiger partial charge in [-0.1, -0.05) is 62.6 Å². The Kier molecular flexibility index (Phi) is 14.7. The third-order valence-corrected chi connectivity index (χ3v) is 3.04. The Hall–Kier alpha value is -1.31. The van der Waals surface area contributed by atoms with Gasteiger partial charge in [0.05, 0.1) is 0 Å². The summed E-state index contributed by atoms with van der Waals surface area (Å²) < 4.78 is 0. The molecule has 0 fully saturated rings. The molecule has 0 radical (unpaired) electrons. The Balaban J connectivity index is 3.23. The van der Waals surface area contributed by atoms with E-state index in [1.807, 2.05) is 0 Å². The summed E-state index contributed by atoms with van der Waals surface area (Å²) in [5.74, 6) is -0.675. The van der Waals surface area contributed by atoms with Gasteiger partial charge < -0.3 is 5.11 Å². The van der Waals surface area contributed by atoms with Gasteiger partial charge in [0, 0.05) is 6.42 Å². The second-order valence-corrected chi connectivity index (χ2v) is 4.99. The minimum Gasteiger partial charge on any atom is -0.481 e. The molecule has 0 aromatic carbocycles. The van der Waals surface area contributed by atoms with Gasteiger partial charge in [-0.15, -0.1) is 0 Å². The highest BCUT2D eigenvalue weighted by Gasteiger charge is 1.95. The molecule has 0 aromatic heterocycles. The lowest BCUT2D eigenvalue weighted by Gasteiger charge is -1.98. The van der Waals surface area contributed by atoms with E-state index in [-0.39, 0.29) is 0 Å². The summed E-state index contributed by atoms with van der Waals surface area (Å²) in [5, 5.41) is 8.50. The third-order valence-electron chi connectivity index (χ3n) is 3.04. The first-order chi connectivity index (χ1) is 9.77. The molecule has 2 nitrogen and oxygen atoms in total. The molecule has 1 N–H and O–H groups in total. The highest BCUT2D eigenvalue weighted by Crippen LogP contribution is 2.07. The number of rotatable bonds is 13. The molecular formula is C18H30O2. The average Bonchev–Trinajstić information content (AvgIpc) is 2.43. The third kappa shape index (κ3) is 16.7. The van der Waals surface area contributed by atoms with E-state index in [1.54, 1.807) is 0 Å². The number of unbranched alkanes of at least 4 members (excludes halogenated alkanes) is 5. The standard InChI is InChI=1S/C18H30O2/c1-2-3-4-5-6-7-8-9-10-11-12-13-14-15-16-17-18(19)20/h3-4,6-7,9-10H,2,5,8,11-17H2,1H3,(H,19,20)/b4-3-,7-6+,10-9+. The summed E-state index contributed by atoms with van der Waals surface area (Å²) >= 11 is 0. The van der Waals surface area contributed by atoms with Crippen molar-refractivity contribution >= 4 is 5.97 Å². The Morgan fingerprint density at radius 3 is 2.00 bits per heavy atom. The van der Waals surface area contributed by atoms with Crippen LogP contribution in [0.5, 0.6) is 0 Å². The van der Waals surface area contributed by atoms with Crippen LogP contribution < -0.4 is 0 Å². The summed E-state index contributed by atoms with van der Waals surface area (Å²) in [6, 6.07) is 0. The topological polar surface area (TPSA) is 37.3 Å². The van der Waals surface area contributed by atoms with E-state index in [0.717, 1.165) is 44.9 Å². The van der Waals surface area contributed by atoms with E-state index in [2.05, 4.69) is 43.4 Å². The van der Waals surface area contributed by atoms with Crippen molar-refractivity contribution in [3.8, 4) is 0 Å². The number of hydrogen-bond acceptors (Lipinski definition) is 1. The number of hydrogen-bond donors (Lipinski definition) is 1. The lowest BCUT2D eigenvalue weighted by atomic mass is 10.1. The van der Waals surface area contributed by atoms with Crippen LogP contribution in [0.3, 0.4) is 0 Å². The fourth-order valence-corrected chi connectivity index (χ4v) is 1.90. The summed E-state index contributed by atoms with van der Waals surface area (Å²) in [4.78, 5) is 10.3. The van der Waals surface area contributed by atoms with Crippen LogP contribution in [0.4, 0.5) is 0 Å². The highest BCUT2D eigenvalue weighted by atomic mass is 16.4. The van der Waals surface area contributed by atoms with Gasteiger partial charge >= 0.3 is 5.97 Å². The lowest BCUT2D eigenvalue weighted by Crippen LogP contribution is -1.93. The Labute approximate surface area is 124 Å². The molecule has 0 atom stereocenters. The maximum absolute atomic E-state index is 10.3. The predicted octanol–water partition coefficient (Wildman–Crippen LogP) is 5.66. The minimum atomic E-state index is -0.675. The first-order valence-corrected chi connectivity index (χ1v) is 7.94. The molecule has 0 heterocycles. The van der Waals surface area contributed by atoms with Crippen molar-refractivity contribution in [2.75, 3.05) is 0 Å². The first-order valence-electron chi connectivity index (χ1n) is 7.94. The zero-order valence-corrected chi connectivity index (χ0v) is 12.9. The smallest absolute Gasteiger partial charge is 0.303 e. The molecule has 0 spiro atoms. The van der Waals surface area contributed by atoms with Gasteiger partial charge in [0.2, 0.25) is 0 Å². The Morgan fingerprint density at radius 2 is 1.35 bits per heavy atom. The van der Waals surface area contributed by atoms with E-state index >= 15 is 0 Å². The fraction of sp³-hybridized carbons (Fsp3) is 0.611. The molecule has 0 saturated carbocycles. The van der Waals surface area contributed by atoms with Crippen molar-refractivity contribution in [1.29, 1.82) is 0 Å². The quantitative estimate of drug-likeness (QED) is 0.348. The molecule has 0 aliphatic rings. The fourth-order valence-electron chi connectivity index (χ4n) is 1.90. The van der Waals surface area contributed by atoms with Crippen LogP contribution in [0.2, 0.25) is 0 Å². The van der Waals surface area contributed by atoms with E-state index in [9.17, 15) is 4.79 Å². The van der Waals surface area contributed by atoms with Gasteiger partial charge in [0.25, 0.3) is 0 Å². The number of allylic oxidation sites excluding steroid dienone is 6. The number of carbonyl (C=O) groups is 1. The SMILES string of the molecule is CC/C=C\C/C=C/C/C=C/CCCCCCCC(=O)O. The Morgan fingerprint density at radius 1 is 0.800 bits per heavy atom. The van der Waals surface area contributed by atoms with Crippen LogP contribution in [0, 0.1) is 0 Å². The molecular weight excluding hydrogens is 248 g/mol. The second kappa shape index (κ2) is 15.7. The summed E-state index contributed by atoms with van der Waals surface area (Å²) in [6.45, 7) is 2.15. The highest BCUT2D eigenvalue weighted by molar-refractivity contribution is 5.66. The molecule has 0 rings (SSSR count). The van der Waals surface area contributed by atoms with Gasteiger partial charge in [-0.05, 0) is 38.5 Å². The monoisotopic (exact) mass is 278 g/mol. The molecule has 0 aromatic rings. The molecule has 0 amide bonds. The molecule has 0 aliphatic heterocycles. The molecule has 0 unspecified atom stereocenters. The zero-order chi connectivity index (χ0) is 14.9. The van der Waals surface area contributed by atoms with E-state index in [0.29, 0.717) is 6.42 Å². The van der Waals surface area contributed by atoms with Gasteiger partial charge in [0.1, 0.15) is 0 Å². The van der Waals surface area contributed by atoms with Gasteiger partial charge in [-0.2, -0.15) is 0 Å². The van der Waals surface area contributed by atoms with Crippen LogP contribution in [-0.4, -0.2) is 11.1 Å². The molecule has 114 valence electrons. The van der Waals surface area contributed by atoms with Crippen molar-refractivity contribution in [3.05, 3.63) is 36.5 Å². The second-order valence-electron chi connectivity index (χ2n) is 4.99. The lowest BCUT2D eigenvalue weighted by molar-refractivity contribution is -0.137. The van der Waals surface area contributed by atoms with Crippen molar-refractivity contribution in [2.45, 2.75) is 71.1 Å². The molecule has 0 saturated heterocycles. The van der Waals surface area contributed by atoms with Gasteiger partial charge in [0.15, 0.2) is 0 Å². The Bertz CT molecular complexity index is 301. The zero-order valence-electron chi connectivity index (χ0n) is 12.9. The normalized spacial score (nSPS) is 12.1. The van der Waals surface area contributed by atoms with Crippen LogP contribution >= 0.6 is 0 Å². The summed E-state index contributed by atoms with van der Waals surface area (Å²) in [5.41, 5.74) is 0. The van der Waals surface area contributed by atoms with Crippen LogP contribution in [0.1, 0.15) is 71.1 Å². The number of carboxylic acid groups (broad SMARTS) is 1. The van der Waals surface area contributed by atoms with E-state index in [4.69, 9.17) is 5.11 Å². The molecule has 2 heteroatoms. The van der Waals surface area contributed by atoms with Crippen molar-refractivity contribution < 1.29 is 9.90 Å². The van der Waals surface area contributed by atoms with Crippen LogP contribution in [0.25, 0.3) is 0 Å². The van der Waals surface area contributed by atoms with E-state index in [1.165, 1.54) is 12.8 Å². The largest absolute Gasteiger partial charge is 0.481 e. The van der Waals surface area contributed by atoms with E-state index < -0.39 is 5.97 Å². The first kappa shape index (κ1) is 18.7.